The molecule has 0 aliphatic carbocycles. The molecule has 30 nitrogen and oxygen atoms in total. The second-order valence-electron chi connectivity index (χ2n) is 29.3. The lowest BCUT2D eigenvalue weighted by molar-refractivity contribution is -0.273. The number of hydrogen-bond donors (Lipinski definition) is 5. The molecule has 0 aromatic carbocycles. The summed E-state index contributed by atoms with van der Waals surface area (Å²) >= 11 is 0. The summed E-state index contributed by atoms with van der Waals surface area (Å²) in [5, 5.41) is 14.9. The van der Waals surface area contributed by atoms with Gasteiger partial charge in [-0.1, -0.05) is 73.6 Å². The fourth-order valence-electron chi connectivity index (χ4n) is 13.3. The molecule has 0 aromatic rings. The minimum atomic E-state index is -0.936. The number of esters is 6. The van der Waals surface area contributed by atoms with E-state index in [1.54, 1.807) is 7.11 Å². The maximum absolute atomic E-state index is 14.6. The maximum atomic E-state index is 14.6. The molecule has 3 saturated heterocycles. The molecule has 3 aliphatic rings. The number of Topliss-reactive ketones (excluding diaryl/α,β-unsaturated/α-hetero) is 1. The largest absolute Gasteiger partial charge is 0.463 e. The third-order valence-electron chi connectivity index (χ3n) is 20.2. The summed E-state index contributed by atoms with van der Waals surface area (Å²) in [6.45, 7) is 22.3. The molecule has 0 aromatic heterocycles. The van der Waals surface area contributed by atoms with Crippen LogP contribution in [0.15, 0.2) is 0 Å². The van der Waals surface area contributed by atoms with Crippen LogP contribution >= 0.6 is 0 Å². The van der Waals surface area contributed by atoms with Gasteiger partial charge in [0.25, 0.3) is 0 Å². The Balaban J connectivity index is 1.63. The first kappa shape index (κ1) is 95.8. The Kier molecular flexibility index (Phi) is 48.8. The van der Waals surface area contributed by atoms with E-state index < -0.39 is 103 Å². The summed E-state index contributed by atoms with van der Waals surface area (Å²) in [5.74, 6) is -5.80. The number of hydrogen-bond acceptors (Lipinski definition) is 25. The Morgan fingerprint density at radius 2 is 0.657 bits per heavy atom. The number of rotatable bonds is 56. The highest BCUT2D eigenvalue weighted by atomic mass is 16.7. The van der Waals surface area contributed by atoms with Gasteiger partial charge in [0, 0.05) is 175 Å². The average Bonchev–Trinajstić information content (AvgIpc) is 0.816. The molecular weight excluding hydrogens is 1410 g/mol. The van der Waals surface area contributed by atoms with E-state index in [4.69, 9.17) is 61.6 Å². The van der Waals surface area contributed by atoms with E-state index in [-0.39, 0.29) is 123 Å². The van der Waals surface area contributed by atoms with E-state index in [1.165, 1.54) is 41.5 Å². The SMILES string of the molecule is COCCCCNC(=O)CCCCCNC(=O)C(CCCCNC(=O)CCCCCOC1OC(COC(C)=O)C(OC(C)=O)C(C)C1C)CC(=O)C(CCCCNC(=O)CCCCCOC1OC(COC(C)=O)C(OC(C)=O)C(C)C1C)NC(=O)CCCCCOC1OC(COC(C)=O)C(OC(C)=O)C(C)C1C. The van der Waals surface area contributed by atoms with E-state index in [9.17, 15) is 57.5 Å². The molecular formula is C78H133N5O25. The normalized spacial score (nSPS) is 24.5. The number of unbranched alkanes of at least 4 members (excludes halogenated alkanes) is 11. The second-order valence-corrected chi connectivity index (χ2v) is 29.3. The summed E-state index contributed by atoms with van der Waals surface area (Å²) in [6.07, 6.45) is 6.66. The molecule has 0 spiro atoms. The standard InChI is InChI=1S/C78H133N5O25/c1-50-53(4)76(106-65(47-100-56(7)84)72(50)103-59(10)87)97-43-28-15-19-35-69(92)79-38-25-22-32-62(75(95)82-41-24-14-18-34-68(91)81-40-27-31-42-96-13)46-64(90)63(83-71(94)37-21-17-30-45-99-78-55(6)52(3)74(105-61(12)89)67(108-78)49-102-58(9)86)33-23-26-39-80-70(93)36-20-16-29-44-98-77-54(5)51(2)73(104-60(11)88)66(107-77)48-101-57(8)85/h50-55,62-63,65-67,72-74,76-78H,14-49H2,1-13H3,(H,79,92)(H,80,93)(H,81,91)(H,82,95)(H,83,94). The van der Waals surface area contributed by atoms with Crippen LogP contribution in [0.25, 0.3) is 0 Å². The van der Waals surface area contributed by atoms with Crippen LogP contribution in [-0.4, -0.2) is 212 Å². The molecule has 3 heterocycles. The second kappa shape index (κ2) is 55.1. The van der Waals surface area contributed by atoms with E-state index >= 15 is 0 Å². The van der Waals surface area contributed by atoms with Crippen molar-refractivity contribution in [1.29, 1.82) is 0 Å². The van der Waals surface area contributed by atoms with Gasteiger partial charge in [-0.3, -0.25) is 57.5 Å². The summed E-state index contributed by atoms with van der Waals surface area (Å²) in [7, 11) is 1.64. The van der Waals surface area contributed by atoms with Crippen LogP contribution in [0.2, 0.25) is 0 Å². The number of methoxy groups -OCH3 is 1. The topological polar surface area (TPSA) is 385 Å². The van der Waals surface area contributed by atoms with Gasteiger partial charge in [0.05, 0.1) is 6.04 Å². The highest BCUT2D eigenvalue weighted by Gasteiger charge is 2.47. The molecule has 17 atom stereocenters. The summed E-state index contributed by atoms with van der Waals surface area (Å²) in [5.41, 5.74) is 0. The van der Waals surface area contributed by atoms with Crippen molar-refractivity contribution in [3.8, 4) is 0 Å². The maximum Gasteiger partial charge on any atom is 0.303 e. The van der Waals surface area contributed by atoms with Gasteiger partial charge in [-0.05, 0) is 96.3 Å². The third-order valence-corrected chi connectivity index (χ3v) is 20.2. The van der Waals surface area contributed by atoms with Gasteiger partial charge in [0.15, 0.2) is 24.7 Å². The van der Waals surface area contributed by atoms with Crippen LogP contribution in [0.3, 0.4) is 0 Å². The van der Waals surface area contributed by atoms with Crippen LogP contribution in [0.4, 0.5) is 0 Å². The molecule has 620 valence electrons. The molecule has 3 rings (SSSR count). The molecule has 17 unspecified atom stereocenters. The molecule has 0 bridgehead atoms. The Morgan fingerprint density at radius 3 is 1.01 bits per heavy atom. The number of amides is 5. The van der Waals surface area contributed by atoms with Gasteiger partial charge in [-0.15, -0.1) is 0 Å². The van der Waals surface area contributed by atoms with Crippen molar-refractivity contribution >= 4 is 71.1 Å². The van der Waals surface area contributed by atoms with Crippen LogP contribution in [-0.2, 0) is 119 Å². The number of carbonyl (C=O) groups is 12. The van der Waals surface area contributed by atoms with Crippen molar-refractivity contribution in [2.75, 3.05) is 79.5 Å². The van der Waals surface area contributed by atoms with Gasteiger partial charge in [0.2, 0.25) is 29.5 Å². The Bertz CT molecular complexity index is 2710. The highest BCUT2D eigenvalue weighted by Crippen LogP contribution is 2.37. The van der Waals surface area contributed by atoms with Gasteiger partial charge >= 0.3 is 35.8 Å². The van der Waals surface area contributed by atoms with Crippen molar-refractivity contribution in [2.24, 2.45) is 41.4 Å². The Hall–Kier alpha value is -6.44. The first-order valence-corrected chi connectivity index (χ1v) is 39.6. The summed E-state index contributed by atoms with van der Waals surface area (Å²) < 4.78 is 74.2. The molecule has 0 radical (unpaired) electrons. The van der Waals surface area contributed by atoms with Crippen LogP contribution in [0, 0.1) is 41.4 Å². The van der Waals surface area contributed by atoms with Crippen LogP contribution in [0.5, 0.6) is 0 Å². The van der Waals surface area contributed by atoms with Crippen molar-refractivity contribution in [3.05, 3.63) is 0 Å². The lowest BCUT2D eigenvalue weighted by Gasteiger charge is -2.43. The molecule has 5 N–H and O–H groups in total. The smallest absolute Gasteiger partial charge is 0.303 e. The van der Waals surface area contributed by atoms with E-state index in [2.05, 4.69) is 26.6 Å². The zero-order valence-corrected chi connectivity index (χ0v) is 67.0. The van der Waals surface area contributed by atoms with Gasteiger partial charge in [-0.2, -0.15) is 0 Å². The number of ketones is 1. The fourth-order valence-corrected chi connectivity index (χ4v) is 13.3. The number of nitrogens with one attached hydrogen (secondary N) is 5. The first-order valence-electron chi connectivity index (χ1n) is 39.6. The minimum absolute atomic E-state index is 0.0359. The van der Waals surface area contributed by atoms with Crippen molar-refractivity contribution in [3.63, 3.8) is 0 Å². The quantitative estimate of drug-likeness (QED) is 0.0218. The Labute approximate surface area is 640 Å². The third kappa shape index (κ3) is 40.0. The average molecular weight is 1540 g/mol. The molecule has 30 heteroatoms. The number of carbonyl (C=O) groups excluding carboxylic acids is 12. The highest BCUT2D eigenvalue weighted by molar-refractivity contribution is 5.92. The predicted octanol–water partition coefficient (Wildman–Crippen LogP) is 8.05. The summed E-state index contributed by atoms with van der Waals surface area (Å²) in [6, 6.07) is -0.936. The van der Waals surface area contributed by atoms with Gasteiger partial charge in [0.1, 0.15) is 56.4 Å². The predicted molar refractivity (Wildman–Crippen MR) is 395 cm³/mol. The van der Waals surface area contributed by atoms with E-state index in [0.717, 1.165) is 12.8 Å². The molecule has 3 fully saturated rings. The van der Waals surface area contributed by atoms with Crippen LogP contribution < -0.4 is 26.6 Å². The van der Waals surface area contributed by atoms with Crippen LogP contribution in [0.1, 0.15) is 244 Å². The Morgan fingerprint density at radius 1 is 0.343 bits per heavy atom. The zero-order chi connectivity index (χ0) is 79.9. The zero-order valence-electron chi connectivity index (χ0n) is 67.0. The number of ether oxygens (including phenoxy) is 13. The van der Waals surface area contributed by atoms with Gasteiger partial charge in [-0.25, -0.2) is 0 Å². The monoisotopic (exact) mass is 1540 g/mol. The molecule has 108 heavy (non-hydrogen) atoms. The van der Waals surface area contributed by atoms with Gasteiger partial charge < -0.3 is 88.2 Å². The lowest BCUT2D eigenvalue weighted by Crippen LogP contribution is -2.53. The fraction of sp³-hybridized carbons (Fsp3) is 0.846. The molecule has 0 saturated carbocycles. The van der Waals surface area contributed by atoms with E-state index in [0.29, 0.717) is 168 Å². The van der Waals surface area contributed by atoms with Crippen molar-refractivity contribution in [1.82, 2.24) is 26.6 Å². The molecule has 3 aliphatic heterocycles. The van der Waals surface area contributed by atoms with E-state index in [1.807, 2.05) is 41.5 Å². The minimum Gasteiger partial charge on any atom is -0.463 e. The first-order chi connectivity index (χ1) is 51.5. The van der Waals surface area contributed by atoms with Crippen molar-refractivity contribution in [2.45, 2.75) is 305 Å². The lowest BCUT2D eigenvalue weighted by atomic mass is 9.84. The molecule has 5 amide bonds. The summed E-state index contributed by atoms with van der Waals surface area (Å²) in [4.78, 5) is 152. The van der Waals surface area contributed by atoms with Crippen molar-refractivity contribution < 1.29 is 119 Å².